The molecule has 31 valence electrons. The first-order valence-electron chi connectivity index (χ1n) is 2.24. The predicted molar refractivity (Wildman–Crippen MR) is 28.5 cm³/mol. The average molecular weight is 79.9 g/mol. The van der Waals surface area contributed by atoms with Crippen LogP contribution in [0.2, 0.25) is 6.32 Å². The summed E-state index contributed by atoms with van der Waals surface area (Å²) in [5.41, 5.74) is 1.20. The van der Waals surface area contributed by atoms with Crippen LogP contribution in [0.5, 0.6) is 0 Å². The number of nitrogens with zero attached hydrogens (tertiary/aromatic N) is 1. The maximum absolute atomic E-state index is 4.10. The van der Waals surface area contributed by atoms with E-state index in [0.29, 0.717) is 0 Å². The Labute approximate surface area is 38.7 Å². The number of hydrogen-bond donors (Lipinski definition) is 0. The highest BCUT2D eigenvalue weighted by Gasteiger charge is 1.99. The summed E-state index contributed by atoms with van der Waals surface area (Å²) in [6, 6.07) is 0. The van der Waals surface area contributed by atoms with Crippen molar-refractivity contribution in [2.75, 3.05) is 6.54 Å². The Morgan fingerprint density at radius 3 is 2.83 bits per heavy atom. The molecule has 0 fully saturated rings. The molecule has 1 radical (unpaired) electrons. The van der Waals surface area contributed by atoms with Crippen LogP contribution in [0.1, 0.15) is 6.92 Å². The van der Waals surface area contributed by atoms with Crippen molar-refractivity contribution in [3.8, 4) is 0 Å². The van der Waals surface area contributed by atoms with Crippen LogP contribution in [0, 0.1) is 0 Å². The average Bonchev–Trinajstić information content (AvgIpc) is 1.86. The Morgan fingerprint density at radius 1 is 1.83 bits per heavy atom. The van der Waals surface area contributed by atoms with Gasteiger partial charge in [-0.15, -0.1) is 0 Å². The second kappa shape index (κ2) is 1.46. The maximum Gasteiger partial charge on any atom is 0.172 e. The van der Waals surface area contributed by atoms with Gasteiger partial charge in [-0.05, 0) is 12.5 Å². The minimum atomic E-state index is 1.02. The van der Waals surface area contributed by atoms with Gasteiger partial charge in [-0.3, -0.25) is 0 Å². The largest absolute Gasteiger partial charge is 0.306 e. The van der Waals surface area contributed by atoms with Crippen LogP contribution in [0.3, 0.4) is 0 Å². The van der Waals surface area contributed by atoms with Gasteiger partial charge in [-0.25, -0.2) is 0 Å². The molecule has 0 unspecified atom stereocenters. The first kappa shape index (κ1) is 3.91. The minimum absolute atomic E-state index is 1.02. The standard InChI is InChI=1S/C4H7BN/c1-4-5-2-3-6-4/h2-3H2,1H3. The second-order valence-electron chi connectivity index (χ2n) is 1.52. The van der Waals surface area contributed by atoms with Crippen LogP contribution in [0.25, 0.3) is 0 Å². The molecule has 1 heterocycles. The molecule has 0 amide bonds. The lowest BCUT2D eigenvalue weighted by molar-refractivity contribution is 1.15. The van der Waals surface area contributed by atoms with E-state index in [0.717, 1.165) is 12.9 Å². The Morgan fingerprint density at radius 2 is 2.67 bits per heavy atom. The van der Waals surface area contributed by atoms with E-state index in [2.05, 4.69) is 12.3 Å². The molecule has 0 atom stereocenters. The fourth-order valence-electron chi connectivity index (χ4n) is 0.579. The van der Waals surface area contributed by atoms with Crippen molar-refractivity contribution in [2.45, 2.75) is 13.2 Å². The molecule has 1 aliphatic rings. The van der Waals surface area contributed by atoms with Gasteiger partial charge in [0, 0.05) is 6.54 Å². The van der Waals surface area contributed by atoms with E-state index >= 15 is 0 Å². The fourth-order valence-corrected chi connectivity index (χ4v) is 0.579. The summed E-state index contributed by atoms with van der Waals surface area (Å²) in [5.74, 6) is 0. The maximum atomic E-state index is 4.10. The molecular formula is C4H7BN. The SMILES string of the molecule is CC1=NCC[B]1. The molecule has 0 saturated heterocycles. The number of hydrogen-bond acceptors (Lipinski definition) is 1. The smallest absolute Gasteiger partial charge is 0.172 e. The Hall–Kier alpha value is -0.265. The molecule has 6 heavy (non-hydrogen) atoms. The van der Waals surface area contributed by atoms with Crippen LogP contribution in [0.15, 0.2) is 4.99 Å². The summed E-state index contributed by atoms with van der Waals surface area (Å²) < 4.78 is 0. The summed E-state index contributed by atoms with van der Waals surface area (Å²) in [4.78, 5) is 4.10. The molecule has 0 spiro atoms. The third-order valence-electron chi connectivity index (χ3n) is 0.930. The Bertz CT molecular complexity index is 77.6. The molecule has 1 rings (SSSR count). The summed E-state index contributed by atoms with van der Waals surface area (Å²) in [7, 11) is 2.15. The van der Waals surface area contributed by atoms with Gasteiger partial charge in [-0.1, -0.05) is 6.32 Å². The topological polar surface area (TPSA) is 12.4 Å². The number of rotatable bonds is 0. The van der Waals surface area contributed by atoms with Crippen LogP contribution >= 0.6 is 0 Å². The molecule has 0 aromatic heterocycles. The number of aliphatic imine (C=N–C) groups is 1. The molecule has 0 saturated carbocycles. The molecule has 0 aromatic carbocycles. The van der Waals surface area contributed by atoms with E-state index < -0.39 is 0 Å². The van der Waals surface area contributed by atoms with E-state index in [1.54, 1.807) is 0 Å². The van der Waals surface area contributed by atoms with Gasteiger partial charge in [-0.2, -0.15) is 0 Å². The van der Waals surface area contributed by atoms with Crippen LogP contribution in [0.4, 0.5) is 0 Å². The third kappa shape index (κ3) is 0.616. The van der Waals surface area contributed by atoms with Crippen molar-refractivity contribution >= 4 is 12.9 Å². The van der Waals surface area contributed by atoms with E-state index in [1.165, 1.54) is 5.61 Å². The molecule has 0 aromatic rings. The highest BCUT2D eigenvalue weighted by molar-refractivity contribution is 6.76. The molecule has 0 N–H and O–H groups in total. The summed E-state index contributed by atoms with van der Waals surface area (Å²) in [6.45, 7) is 3.05. The zero-order valence-corrected chi connectivity index (χ0v) is 3.94. The molecular weight excluding hydrogens is 72.9 g/mol. The monoisotopic (exact) mass is 80.1 g/mol. The summed E-state index contributed by atoms with van der Waals surface area (Å²) in [5, 5.41) is 0. The predicted octanol–water partition coefficient (Wildman–Crippen LogP) is 0.541. The Balaban J connectivity index is 2.45. The van der Waals surface area contributed by atoms with E-state index in [4.69, 9.17) is 0 Å². The van der Waals surface area contributed by atoms with Crippen LogP contribution in [-0.2, 0) is 0 Å². The first-order chi connectivity index (χ1) is 2.89. The fraction of sp³-hybridized carbons (Fsp3) is 0.750. The van der Waals surface area contributed by atoms with Crippen molar-refractivity contribution in [3.05, 3.63) is 0 Å². The zero-order chi connectivity index (χ0) is 4.41. The molecule has 2 heteroatoms. The molecule has 0 aliphatic carbocycles. The van der Waals surface area contributed by atoms with Gasteiger partial charge in [0.25, 0.3) is 0 Å². The second-order valence-corrected chi connectivity index (χ2v) is 1.52. The lowest BCUT2D eigenvalue weighted by Crippen LogP contribution is -1.93. The van der Waals surface area contributed by atoms with Crippen molar-refractivity contribution < 1.29 is 0 Å². The van der Waals surface area contributed by atoms with E-state index in [9.17, 15) is 0 Å². The highest BCUT2D eigenvalue weighted by Crippen LogP contribution is 1.92. The lowest BCUT2D eigenvalue weighted by Gasteiger charge is -1.74. The van der Waals surface area contributed by atoms with Gasteiger partial charge in [0.15, 0.2) is 7.28 Å². The zero-order valence-electron chi connectivity index (χ0n) is 3.94. The molecule has 0 bridgehead atoms. The van der Waals surface area contributed by atoms with Crippen LogP contribution in [-0.4, -0.2) is 19.4 Å². The Kier molecular flexibility index (Phi) is 0.949. The minimum Gasteiger partial charge on any atom is -0.306 e. The van der Waals surface area contributed by atoms with Crippen molar-refractivity contribution in [3.63, 3.8) is 0 Å². The van der Waals surface area contributed by atoms with Gasteiger partial charge >= 0.3 is 0 Å². The van der Waals surface area contributed by atoms with E-state index in [-0.39, 0.29) is 0 Å². The molecule has 1 nitrogen and oxygen atoms in total. The van der Waals surface area contributed by atoms with Gasteiger partial charge < -0.3 is 4.99 Å². The lowest BCUT2D eigenvalue weighted by atomic mass is 9.73. The van der Waals surface area contributed by atoms with Gasteiger partial charge in [0.05, 0.1) is 0 Å². The summed E-state index contributed by atoms with van der Waals surface area (Å²) in [6.07, 6.45) is 1.16. The van der Waals surface area contributed by atoms with Crippen molar-refractivity contribution in [1.82, 2.24) is 0 Å². The van der Waals surface area contributed by atoms with Gasteiger partial charge in [0.2, 0.25) is 0 Å². The third-order valence-corrected chi connectivity index (χ3v) is 0.930. The normalized spacial score (nSPS) is 19.8. The van der Waals surface area contributed by atoms with Crippen molar-refractivity contribution in [2.24, 2.45) is 4.99 Å². The highest BCUT2D eigenvalue weighted by atomic mass is 14.7. The van der Waals surface area contributed by atoms with Gasteiger partial charge in [0.1, 0.15) is 0 Å². The van der Waals surface area contributed by atoms with Crippen LogP contribution < -0.4 is 0 Å². The first-order valence-corrected chi connectivity index (χ1v) is 2.24. The quantitative estimate of drug-likeness (QED) is 0.376. The molecule has 1 aliphatic heterocycles. The van der Waals surface area contributed by atoms with E-state index in [1.807, 2.05) is 6.92 Å². The van der Waals surface area contributed by atoms with Crippen molar-refractivity contribution in [1.29, 1.82) is 0 Å². The summed E-state index contributed by atoms with van der Waals surface area (Å²) >= 11 is 0.